The molecule has 0 radical (unpaired) electrons. The second-order valence-corrected chi connectivity index (χ2v) is 8.83. The summed E-state index contributed by atoms with van der Waals surface area (Å²) in [7, 11) is 0. The van der Waals surface area contributed by atoms with E-state index in [1.807, 2.05) is 4.90 Å². The van der Waals surface area contributed by atoms with Gasteiger partial charge in [-0.05, 0) is 42.2 Å². The zero-order valence-electron chi connectivity index (χ0n) is 16.7. The van der Waals surface area contributed by atoms with Gasteiger partial charge in [0.15, 0.2) is 0 Å². The first-order chi connectivity index (χ1) is 14.8. The molecule has 9 heteroatoms. The van der Waals surface area contributed by atoms with Gasteiger partial charge in [-0.15, -0.1) is 0 Å². The minimum Gasteiger partial charge on any atom is -0.337 e. The van der Waals surface area contributed by atoms with Gasteiger partial charge in [-0.3, -0.25) is 4.98 Å². The molecule has 0 fully saturated rings. The molecular weight excluding hydrogens is 462 g/mol. The van der Waals surface area contributed by atoms with E-state index in [1.165, 1.54) is 18.2 Å². The Balaban J connectivity index is 1.63. The average Bonchev–Trinajstić information content (AvgIpc) is 2.90. The van der Waals surface area contributed by atoms with Crippen LogP contribution in [0.5, 0.6) is 0 Å². The highest BCUT2D eigenvalue weighted by Gasteiger charge is 2.29. The molecule has 4 rings (SSSR count). The van der Waals surface area contributed by atoms with Gasteiger partial charge in [0.05, 0.1) is 20.8 Å². The second-order valence-electron chi connectivity index (χ2n) is 7.61. The van der Waals surface area contributed by atoms with E-state index < -0.39 is 5.82 Å². The van der Waals surface area contributed by atoms with Crippen LogP contribution < -0.4 is 10.2 Å². The maximum atomic E-state index is 13.4. The van der Waals surface area contributed by atoms with Crippen LogP contribution in [0.15, 0.2) is 54.0 Å². The average molecular weight is 482 g/mol. The van der Waals surface area contributed by atoms with Gasteiger partial charge in [-0.1, -0.05) is 47.8 Å². The highest BCUT2D eigenvalue weighted by Crippen LogP contribution is 2.39. The van der Waals surface area contributed by atoms with Crippen molar-refractivity contribution in [2.75, 3.05) is 29.9 Å². The fourth-order valence-corrected chi connectivity index (χ4v) is 4.61. The van der Waals surface area contributed by atoms with Crippen LogP contribution in [0.1, 0.15) is 13.3 Å². The lowest BCUT2D eigenvalue weighted by molar-refractivity contribution is 0.217. The van der Waals surface area contributed by atoms with E-state index in [4.69, 9.17) is 34.8 Å². The molecule has 0 bridgehead atoms. The van der Waals surface area contributed by atoms with Crippen LogP contribution in [0, 0.1) is 11.7 Å². The highest BCUT2D eigenvalue weighted by atomic mass is 35.5. The van der Waals surface area contributed by atoms with Gasteiger partial charge in [0.1, 0.15) is 5.82 Å². The lowest BCUT2D eigenvalue weighted by Crippen LogP contribution is -2.39. The molecule has 0 saturated carbocycles. The highest BCUT2D eigenvalue weighted by molar-refractivity contribution is 6.39. The maximum Gasteiger partial charge on any atom is 0.322 e. The number of rotatable bonds is 2. The molecule has 1 atom stereocenters. The zero-order chi connectivity index (χ0) is 22.1. The summed E-state index contributed by atoms with van der Waals surface area (Å²) >= 11 is 18.7. The summed E-state index contributed by atoms with van der Waals surface area (Å²) in [6.07, 6.45) is 8.15. The van der Waals surface area contributed by atoms with E-state index in [0.717, 1.165) is 17.7 Å². The van der Waals surface area contributed by atoms with Crippen LogP contribution in [0.2, 0.25) is 15.1 Å². The number of benzene rings is 1. The molecule has 31 heavy (non-hydrogen) atoms. The zero-order valence-corrected chi connectivity index (χ0v) is 19.0. The number of anilines is 2. The Kier molecular flexibility index (Phi) is 6.42. The minimum absolute atomic E-state index is 0.0435. The molecule has 1 aliphatic heterocycles. The topological polar surface area (TPSA) is 48.5 Å². The summed E-state index contributed by atoms with van der Waals surface area (Å²) in [5.74, 6) is -0.183. The predicted molar refractivity (Wildman–Crippen MR) is 124 cm³/mol. The Hall–Kier alpha value is -2.28. The SMILES string of the molecule is CC1C=CC2=C(C1)CN(C(=O)Nc1ccc(F)c(Cl)c1)CCN2c1c(Cl)cncc1Cl. The third-order valence-electron chi connectivity index (χ3n) is 5.34. The number of halogens is 4. The first-order valence-electron chi connectivity index (χ1n) is 9.81. The van der Waals surface area contributed by atoms with Crippen molar-refractivity contribution in [3.05, 3.63) is 74.9 Å². The minimum atomic E-state index is -0.533. The second kappa shape index (κ2) is 9.07. The van der Waals surface area contributed by atoms with Crippen molar-refractivity contribution < 1.29 is 9.18 Å². The summed E-state index contributed by atoms with van der Waals surface area (Å²) in [6, 6.07) is 3.82. The Morgan fingerprint density at radius 1 is 1.16 bits per heavy atom. The van der Waals surface area contributed by atoms with Gasteiger partial charge in [-0.2, -0.15) is 0 Å². The van der Waals surface area contributed by atoms with Gasteiger partial charge in [0.2, 0.25) is 0 Å². The number of aromatic nitrogens is 1. The molecule has 1 aromatic heterocycles. The number of urea groups is 1. The molecule has 1 unspecified atom stereocenters. The molecule has 0 saturated heterocycles. The number of pyridine rings is 1. The quantitative estimate of drug-likeness (QED) is 0.541. The van der Waals surface area contributed by atoms with E-state index in [9.17, 15) is 9.18 Å². The van der Waals surface area contributed by atoms with Gasteiger partial charge in [0.25, 0.3) is 0 Å². The van der Waals surface area contributed by atoms with Gasteiger partial charge in [-0.25, -0.2) is 9.18 Å². The summed E-state index contributed by atoms with van der Waals surface area (Å²) in [6.45, 7) is 3.53. The summed E-state index contributed by atoms with van der Waals surface area (Å²) in [4.78, 5) is 20.8. The first-order valence-corrected chi connectivity index (χ1v) is 10.9. The number of allylic oxidation sites excluding steroid dienone is 2. The molecule has 162 valence electrons. The number of nitrogens with zero attached hydrogens (tertiary/aromatic N) is 3. The van der Waals surface area contributed by atoms with Crippen molar-refractivity contribution in [2.24, 2.45) is 5.92 Å². The fourth-order valence-electron chi connectivity index (χ4n) is 3.86. The normalized spacial score (nSPS) is 18.7. The van der Waals surface area contributed by atoms with Crippen molar-refractivity contribution in [3.8, 4) is 0 Å². The Labute approximate surface area is 195 Å². The summed E-state index contributed by atoms with van der Waals surface area (Å²) in [5.41, 5.74) is 3.22. The number of carbonyl (C=O) groups is 1. The van der Waals surface area contributed by atoms with Crippen molar-refractivity contribution in [1.82, 2.24) is 9.88 Å². The largest absolute Gasteiger partial charge is 0.337 e. The number of hydrogen-bond donors (Lipinski definition) is 1. The van der Waals surface area contributed by atoms with Crippen LogP contribution in [0.4, 0.5) is 20.6 Å². The van der Waals surface area contributed by atoms with Crippen molar-refractivity contribution in [2.45, 2.75) is 13.3 Å². The molecule has 2 aliphatic rings. The third-order valence-corrected chi connectivity index (χ3v) is 6.18. The molecule has 1 N–H and O–H groups in total. The summed E-state index contributed by atoms with van der Waals surface area (Å²) < 4.78 is 13.4. The number of amides is 2. The molecule has 2 amide bonds. The molecule has 1 aromatic carbocycles. The third kappa shape index (κ3) is 4.66. The predicted octanol–water partition coefficient (Wildman–Crippen LogP) is 6.39. The molecule has 5 nitrogen and oxygen atoms in total. The first kappa shape index (κ1) is 21.9. The summed E-state index contributed by atoms with van der Waals surface area (Å²) in [5, 5.41) is 3.66. The van der Waals surface area contributed by atoms with Crippen LogP contribution in [-0.2, 0) is 0 Å². The van der Waals surface area contributed by atoms with Crippen LogP contribution in [0.3, 0.4) is 0 Å². The van der Waals surface area contributed by atoms with Crippen molar-refractivity contribution >= 4 is 52.2 Å². The fraction of sp³-hybridized carbons (Fsp3) is 0.273. The monoisotopic (exact) mass is 480 g/mol. The lowest BCUT2D eigenvalue weighted by Gasteiger charge is -2.29. The van der Waals surface area contributed by atoms with E-state index in [2.05, 4.69) is 29.4 Å². The smallest absolute Gasteiger partial charge is 0.322 e. The van der Waals surface area contributed by atoms with Gasteiger partial charge in [0, 0.05) is 43.4 Å². The Morgan fingerprint density at radius 3 is 2.61 bits per heavy atom. The molecule has 0 spiro atoms. The molecular formula is C22H20Cl3FN4O. The molecule has 2 aromatic rings. The molecule has 2 heterocycles. The maximum absolute atomic E-state index is 13.4. The van der Waals surface area contributed by atoms with Crippen molar-refractivity contribution in [3.63, 3.8) is 0 Å². The van der Waals surface area contributed by atoms with E-state index >= 15 is 0 Å². The van der Waals surface area contributed by atoms with Gasteiger partial charge >= 0.3 is 6.03 Å². The van der Waals surface area contributed by atoms with Crippen molar-refractivity contribution in [1.29, 1.82) is 0 Å². The van der Waals surface area contributed by atoms with E-state index in [0.29, 0.717) is 47.0 Å². The van der Waals surface area contributed by atoms with Crippen LogP contribution >= 0.6 is 34.8 Å². The molecule has 1 aliphatic carbocycles. The Morgan fingerprint density at radius 2 is 1.90 bits per heavy atom. The van der Waals surface area contributed by atoms with E-state index in [1.54, 1.807) is 17.3 Å². The standard InChI is InChI=1S/C22H20Cl3FN4O/c1-13-2-5-20-14(8-13)12-29(22(31)28-15-3-4-19(26)16(23)9-15)6-7-30(20)21-17(24)10-27-11-18(21)25/h2-5,9-11,13H,6-8,12H2,1H3,(H,28,31). The lowest BCUT2D eigenvalue weighted by atomic mass is 9.93. The van der Waals surface area contributed by atoms with Crippen LogP contribution in [-0.4, -0.2) is 35.5 Å². The van der Waals surface area contributed by atoms with Gasteiger partial charge < -0.3 is 15.1 Å². The van der Waals surface area contributed by atoms with Crippen LogP contribution in [0.25, 0.3) is 0 Å². The number of carbonyl (C=O) groups excluding carboxylic acids is 1. The number of nitrogens with one attached hydrogen (secondary N) is 1. The Bertz CT molecular complexity index is 1070. The number of hydrogen-bond acceptors (Lipinski definition) is 3. The van der Waals surface area contributed by atoms with E-state index in [-0.39, 0.29) is 11.1 Å².